The Morgan fingerprint density at radius 1 is 1.12 bits per heavy atom. The molecule has 134 valence electrons. The molecule has 1 spiro atoms. The highest BCUT2D eigenvalue weighted by Crippen LogP contribution is 2.50. The highest BCUT2D eigenvalue weighted by Gasteiger charge is 2.54. The van der Waals surface area contributed by atoms with Crippen LogP contribution in [0.3, 0.4) is 0 Å². The van der Waals surface area contributed by atoms with E-state index in [0.29, 0.717) is 6.42 Å². The number of carboxylic acid groups (broad SMARTS) is 1. The van der Waals surface area contributed by atoms with Crippen molar-refractivity contribution in [2.24, 2.45) is 5.41 Å². The molecule has 1 aromatic rings. The first-order valence-electron chi connectivity index (χ1n) is 9.27. The van der Waals surface area contributed by atoms with Gasteiger partial charge in [0.2, 0.25) is 5.91 Å². The molecular formula is C20H26N2O3. The van der Waals surface area contributed by atoms with Gasteiger partial charge in [-0.1, -0.05) is 29.8 Å². The topological polar surface area (TPSA) is 69.6 Å². The normalized spacial score (nSPS) is 26.6. The van der Waals surface area contributed by atoms with E-state index in [0.717, 1.165) is 50.9 Å². The summed E-state index contributed by atoms with van der Waals surface area (Å²) in [6.45, 7) is 4.32. The Bertz CT molecular complexity index is 685. The van der Waals surface area contributed by atoms with E-state index in [-0.39, 0.29) is 16.7 Å². The Hall–Kier alpha value is -1.88. The fourth-order valence-corrected chi connectivity index (χ4v) is 4.58. The van der Waals surface area contributed by atoms with Gasteiger partial charge in [-0.25, -0.2) is 0 Å². The number of piperidine rings is 1. The molecular weight excluding hydrogens is 316 g/mol. The number of carboxylic acids is 1. The molecule has 1 atom stereocenters. The number of carbonyl (C=O) groups excluding carboxylic acids is 1. The standard InChI is InChI=1S/C20H26N2O3/c1-14-2-4-15(5-3-14)20(6-7-20)18(25)22-10-8-19(9-11-22)12-16(17(23)24)21-13-19/h2-5,16,21H,6-13H2,1H3,(H,23,24)/t16-/m1/s1. The van der Waals surface area contributed by atoms with E-state index in [1.165, 1.54) is 5.56 Å². The minimum Gasteiger partial charge on any atom is -0.480 e. The van der Waals surface area contributed by atoms with E-state index in [1.807, 2.05) is 4.90 Å². The van der Waals surface area contributed by atoms with Gasteiger partial charge >= 0.3 is 5.97 Å². The molecule has 5 nitrogen and oxygen atoms in total. The van der Waals surface area contributed by atoms with Gasteiger partial charge in [-0.15, -0.1) is 0 Å². The summed E-state index contributed by atoms with van der Waals surface area (Å²) in [6, 6.07) is 7.95. The fourth-order valence-electron chi connectivity index (χ4n) is 4.58. The Morgan fingerprint density at radius 2 is 1.76 bits per heavy atom. The van der Waals surface area contributed by atoms with E-state index in [1.54, 1.807) is 0 Å². The smallest absolute Gasteiger partial charge is 0.320 e. The maximum atomic E-state index is 13.2. The van der Waals surface area contributed by atoms with Crippen LogP contribution in [0.2, 0.25) is 0 Å². The van der Waals surface area contributed by atoms with Crippen LogP contribution in [0.25, 0.3) is 0 Å². The molecule has 4 rings (SSSR count). The van der Waals surface area contributed by atoms with Crippen molar-refractivity contribution in [3.05, 3.63) is 35.4 Å². The number of aryl methyl sites for hydroxylation is 1. The number of hydrogen-bond acceptors (Lipinski definition) is 3. The SMILES string of the molecule is Cc1ccc(C2(C(=O)N3CCC4(CC3)CN[C@@H](C(=O)O)C4)CC2)cc1. The lowest BCUT2D eigenvalue weighted by Gasteiger charge is -2.40. The molecule has 1 aliphatic carbocycles. The number of benzene rings is 1. The van der Waals surface area contributed by atoms with E-state index >= 15 is 0 Å². The molecule has 1 amide bonds. The molecule has 0 unspecified atom stereocenters. The molecule has 2 N–H and O–H groups in total. The van der Waals surface area contributed by atoms with Gasteiger partial charge in [0.1, 0.15) is 6.04 Å². The molecule has 0 radical (unpaired) electrons. The summed E-state index contributed by atoms with van der Waals surface area (Å²) in [5, 5.41) is 12.3. The largest absolute Gasteiger partial charge is 0.480 e. The van der Waals surface area contributed by atoms with Crippen molar-refractivity contribution < 1.29 is 14.7 Å². The first kappa shape index (κ1) is 16.6. The number of hydrogen-bond donors (Lipinski definition) is 2. The molecule has 1 saturated carbocycles. The van der Waals surface area contributed by atoms with Crippen molar-refractivity contribution in [3.8, 4) is 0 Å². The predicted octanol–water partition coefficient (Wildman–Crippen LogP) is 2.08. The number of aliphatic carboxylic acids is 1. The van der Waals surface area contributed by atoms with Gasteiger partial charge in [-0.3, -0.25) is 9.59 Å². The molecule has 5 heteroatoms. The lowest BCUT2D eigenvalue weighted by molar-refractivity contribution is -0.140. The van der Waals surface area contributed by atoms with Crippen LogP contribution in [0.1, 0.15) is 43.2 Å². The third-order valence-corrected chi connectivity index (χ3v) is 6.53. The van der Waals surface area contributed by atoms with Gasteiger partial charge in [0.25, 0.3) is 0 Å². The number of rotatable bonds is 3. The molecule has 3 aliphatic rings. The number of nitrogens with zero attached hydrogens (tertiary/aromatic N) is 1. The molecule has 1 aromatic carbocycles. The summed E-state index contributed by atoms with van der Waals surface area (Å²) in [6.07, 6.45) is 4.38. The van der Waals surface area contributed by atoms with Crippen LogP contribution in [0.15, 0.2) is 24.3 Å². The number of likely N-dealkylation sites (tertiary alicyclic amines) is 1. The second-order valence-corrected chi connectivity index (χ2v) is 8.22. The number of nitrogens with one attached hydrogen (secondary N) is 1. The lowest BCUT2D eigenvalue weighted by Crippen LogP contribution is -2.47. The van der Waals surface area contributed by atoms with Gasteiger partial charge < -0.3 is 15.3 Å². The van der Waals surface area contributed by atoms with Crippen molar-refractivity contribution in [1.82, 2.24) is 10.2 Å². The summed E-state index contributed by atoms with van der Waals surface area (Å²) in [5.74, 6) is -0.487. The monoisotopic (exact) mass is 342 g/mol. The Balaban J connectivity index is 1.42. The number of amides is 1. The maximum Gasteiger partial charge on any atom is 0.320 e. The quantitative estimate of drug-likeness (QED) is 0.882. The van der Waals surface area contributed by atoms with Crippen LogP contribution in [0.4, 0.5) is 0 Å². The van der Waals surface area contributed by atoms with E-state index in [9.17, 15) is 14.7 Å². The van der Waals surface area contributed by atoms with Crippen molar-refractivity contribution in [3.63, 3.8) is 0 Å². The van der Waals surface area contributed by atoms with Crippen LogP contribution < -0.4 is 5.32 Å². The predicted molar refractivity (Wildman–Crippen MR) is 94.4 cm³/mol. The van der Waals surface area contributed by atoms with Crippen molar-refractivity contribution in [2.75, 3.05) is 19.6 Å². The molecule has 2 saturated heterocycles. The van der Waals surface area contributed by atoms with E-state index in [4.69, 9.17) is 0 Å². The first-order valence-corrected chi connectivity index (χ1v) is 9.27. The first-order chi connectivity index (χ1) is 11.9. The summed E-state index contributed by atoms with van der Waals surface area (Å²) in [7, 11) is 0. The van der Waals surface area contributed by atoms with Gasteiger partial charge in [0.15, 0.2) is 0 Å². The fraction of sp³-hybridized carbons (Fsp3) is 0.600. The van der Waals surface area contributed by atoms with Crippen LogP contribution in [-0.2, 0) is 15.0 Å². The molecule has 2 aliphatic heterocycles. The molecule has 2 heterocycles. The summed E-state index contributed by atoms with van der Waals surface area (Å²) >= 11 is 0. The van der Waals surface area contributed by atoms with Crippen molar-refractivity contribution in [2.45, 2.75) is 50.5 Å². The average molecular weight is 342 g/mol. The van der Waals surface area contributed by atoms with Gasteiger partial charge in [-0.2, -0.15) is 0 Å². The molecule has 25 heavy (non-hydrogen) atoms. The second-order valence-electron chi connectivity index (χ2n) is 8.22. The summed E-state index contributed by atoms with van der Waals surface area (Å²) in [5.41, 5.74) is 2.13. The Morgan fingerprint density at radius 3 is 2.28 bits per heavy atom. The molecule has 3 fully saturated rings. The number of carbonyl (C=O) groups is 2. The van der Waals surface area contributed by atoms with Crippen LogP contribution in [-0.4, -0.2) is 47.6 Å². The van der Waals surface area contributed by atoms with Crippen LogP contribution in [0, 0.1) is 12.3 Å². The average Bonchev–Trinajstić information content (AvgIpc) is 3.32. The zero-order chi connectivity index (χ0) is 17.7. The maximum absolute atomic E-state index is 13.2. The van der Waals surface area contributed by atoms with Crippen LogP contribution >= 0.6 is 0 Å². The van der Waals surface area contributed by atoms with Crippen molar-refractivity contribution >= 4 is 11.9 Å². The second kappa shape index (κ2) is 5.84. The summed E-state index contributed by atoms with van der Waals surface area (Å²) in [4.78, 5) is 26.4. The molecule has 0 aromatic heterocycles. The zero-order valence-corrected chi connectivity index (χ0v) is 14.8. The summed E-state index contributed by atoms with van der Waals surface area (Å²) < 4.78 is 0. The minimum atomic E-state index is -0.758. The highest BCUT2D eigenvalue weighted by molar-refractivity contribution is 5.91. The van der Waals surface area contributed by atoms with E-state index in [2.05, 4.69) is 36.5 Å². The van der Waals surface area contributed by atoms with Gasteiger partial charge in [-0.05, 0) is 50.0 Å². The highest BCUT2D eigenvalue weighted by atomic mass is 16.4. The zero-order valence-electron chi connectivity index (χ0n) is 14.8. The van der Waals surface area contributed by atoms with Gasteiger partial charge in [0.05, 0.1) is 5.41 Å². The van der Waals surface area contributed by atoms with Gasteiger partial charge in [0, 0.05) is 19.6 Å². The Labute approximate surface area is 148 Å². The van der Waals surface area contributed by atoms with E-state index < -0.39 is 12.0 Å². The van der Waals surface area contributed by atoms with Crippen molar-refractivity contribution in [1.29, 1.82) is 0 Å². The van der Waals surface area contributed by atoms with Crippen LogP contribution in [0.5, 0.6) is 0 Å². The molecule has 0 bridgehead atoms. The third-order valence-electron chi connectivity index (χ3n) is 6.53. The third kappa shape index (κ3) is 2.84. The lowest BCUT2D eigenvalue weighted by atomic mass is 9.76. The minimum absolute atomic E-state index is 0.0560. The Kier molecular flexibility index (Phi) is 3.87.